The Bertz CT molecular complexity index is 192. The van der Waals surface area contributed by atoms with E-state index in [1.165, 1.54) is 0 Å². The number of thiocarbonyl (C=S) groups is 1. The molecule has 0 fully saturated rings. The molecule has 0 saturated heterocycles. The van der Waals surface area contributed by atoms with Gasteiger partial charge in [-0.25, -0.2) is 0 Å². The Morgan fingerprint density at radius 3 is 2.38 bits per heavy atom. The molecule has 0 aromatic heterocycles. The summed E-state index contributed by atoms with van der Waals surface area (Å²) in [5.41, 5.74) is 5.43. The predicted octanol–water partition coefficient (Wildman–Crippen LogP) is 1.07. The van der Waals surface area contributed by atoms with Crippen molar-refractivity contribution in [1.29, 1.82) is 0 Å². The van der Waals surface area contributed by atoms with Crippen molar-refractivity contribution in [2.24, 2.45) is 17.6 Å². The first-order valence-electron chi connectivity index (χ1n) is 4.56. The summed E-state index contributed by atoms with van der Waals surface area (Å²) in [6.45, 7) is 6.67. The molecule has 0 rings (SSSR count). The van der Waals surface area contributed by atoms with Gasteiger partial charge in [0.25, 0.3) is 0 Å². The van der Waals surface area contributed by atoms with Gasteiger partial charge in [0.1, 0.15) is 0 Å². The van der Waals surface area contributed by atoms with Crippen LogP contribution in [0.5, 0.6) is 0 Å². The van der Waals surface area contributed by atoms with Gasteiger partial charge in [0.15, 0.2) is 0 Å². The van der Waals surface area contributed by atoms with Gasteiger partial charge in [0, 0.05) is 6.54 Å². The Kier molecular flexibility index (Phi) is 5.62. The molecular weight excluding hydrogens is 184 g/mol. The molecule has 3 N–H and O–H groups in total. The normalized spacial score (nSPS) is 12.6. The van der Waals surface area contributed by atoms with Crippen molar-refractivity contribution in [1.82, 2.24) is 5.32 Å². The molecule has 76 valence electrons. The van der Waals surface area contributed by atoms with Crippen LogP contribution in [0.1, 0.15) is 27.2 Å². The smallest absolute Gasteiger partial charge is 0.229 e. The number of rotatable bonds is 5. The molecule has 0 bridgehead atoms. The van der Waals surface area contributed by atoms with Crippen molar-refractivity contribution in [3.8, 4) is 0 Å². The van der Waals surface area contributed by atoms with Gasteiger partial charge in [0.2, 0.25) is 5.91 Å². The molecule has 0 aliphatic carbocycles. The second kappa shape index (κ2) is 5.91. The zero-order valence-corrected chi connectivity index (χ0v) is 9.28. The van der Waals surface area contributed by atoms with Crippen LogP contribution in [0.4, 0.5) is 0 Å². The molecular formula is C9H18N2OS. The molecule has 0 aliphatic heterocycles. The third-order valence-corrected chi connectivity index (χ3v) is 2.04. The van der Waals surface area contributed by atoms with E-state index in [1.807, 2.05) is 20.8 Å². The molecule has 13 heavy (non-hydrogen) atoms. The molecule has 0 aliphatic rings. The molecule has 1 atom stereocenters. The summed E-state index contributed by atoms with van der Waals surface area (Å²) in [4.78, 5) is 11.7. The van der Waals surface area contributed by atoms with Crippen LogP contribution in [0.15, 0.2) is 0 Å². The van der Waals surface area contributed by atoms with E-state index in [2.05, 4.69) is 5.32 Å². The second-order valence-corrected chi connectivity index (χ2v) is 3.97. The van der Waals surface area contributed by atoms with Gasteiger partial charge in [-0.15, -0.1) is 0 Å². The molecule has 0 heterocycles. The summed E-state index contributed by atoms with van der Waals surface area (Å²) >= 11 is 4.79. The number of carbonyl (C=O) groups excluding carboxylic acids is 1. The minimum atomic E-state index is -0.311. The van der Waals surface area contributed by atoms with Crippen molar-refractivity contribution < 1.29 is 4.79 Å². The lowest BCUT2D eigenvalue weighted by atomic mass is 10.1. The molecule has 0 aromatic rings. The number of hydrogen-bond donors (Lipinski definition) is 2. The summed E-state index contributed by atoms with van der Waals surface area (Å²) in [7, 11) is 0. The monoisotopic (exact) mass is 202 g/mol. The van der Waals surface area contributed by atoms with E-state index in [0.717, 1.165) is 0 Å². The maximum Gasteiger partial charge on any atom is 0.229 e. The third-order valence-electron chi connectivity index (χ3n) is 1.75. The van der Waals surface area contributed by atoms with E-state index < -0.39 is 0 Å². The maximum atomic E-state index is 11.4. The first-order chi connectivity index (χ1) is 5.99. The standard InChI is InChI=1S/C9H18N2OS/c1-4-7(8(10)13)9(12)11-5-6(2)3/h6-7H,4-5H2,1-3H3,(H2,10,13)(H,11,12). The highest BCUT2D eigenvalue weighted by molar-refractivity contribution is 7.80. The van der Waals surface area contributed by atoms with E-state index >= 15 is 0 Å². The first kappa shape index (κ1) is 12.4. The van der Waals surface area contributed by atoms with Crippen LogP contribution in [0.25, 0.3) is 0 Å². The van der Waals surface area contributed by atoms with Gasteiger partial charge in [0.05, 0.1) is 10.9 Å². The quantitative estimate of drug-likeness (QED) is 0.656. The Balaban J connectivity index is 4.00. The van der Waals surface area contributed by atoms with Gasteiger partial charge in [-0.1, -0.05) is 33.0 Å². The van der Waals surface area contributed by atoms with Crippen LogP contribution >= 0.6 is 12.2 Å². The third kappa shape index (κ3) is 4.83. The van der Waals surface area contributed by atoms with Crippen molar-refractivity contribution in [3.63, 3.8) is 0 Å². The highest BCUT2D eigenvalue weighted by atomic mass is 32.1. The van der Waals surface area contributed by atoms with Gasteiger partial charge in [-0.2, -0.15) is 0 Å². The van der Waals surface area contributed by atoms with E-state index in [0.29, 0.717) is 18.9 Å². The molecule has 4 heteroatoms. The van der Waals surface area contributed by atoms with Crippen LogP contribution in [0, 0.1) is 11.8 Å². The van der Waals surface area contributed by atoms with Gasteiger partial charge < -0.3 is 11.1 Å². The van der Waals surface area contributed by atoms with E-state index in [-0.39, 0.29) is 16.8 Å². The lowest BCUT2D eigenvalue weighted by molar-refractivity contribution is -0.123. The van der Waals surface area contributed by atoms with Crippen molar-refractivity contribution >= 4 is 23.1 Å². The lowest BCUT2D eigenvalue weighted by Crippen LogP contribution is -2.38. The predicted molar refractivity (Wildman–Crippen MR) is 58.4 cm³/mol. The number of carbonyl (C=O) groups is 1. The maximum absolute atomic E-state index is 11.4. The van der Waals surface area contributed by atoms with E-state index in [4.69, 9.17) is 18.0 Å². The second-order valence-electron chi connectivity index (χ2n) is 3.50. The highest BCUT2D eigenvalue weighted by Gasteiger charge is 2.18. The van der Waals surface area contributed by atoms with Gasteiger partial charge in [-0.3, -0.25) is 4.79 Å². The fourth-order valence-corrected chi connectivity index (χ4v) is 1.22. The largest absolute Gasteiger partial charge is 0.393 e. The average Bonchev–Trinajstić information content (AvgIpc) is 2.01. The van der Waals surface area contributed by atoms with E-state index in [9.17, 15) is 4.79 Å². The van der Waals surface area contributed by atoms with Crippen LogP contribution in [0.3, 0.4) is 0 Å². The summed E-state index contributed by atoms with van der Waals surface area (Å²) in [6, 6.07) is 0. The fourth-order valence-electron chi connectivity index (χ4n) is 0.944. The van der Waals surface area contributed by atoms with Crippen molar-refractivity contribution in [2.75, 3.05) is 6.54 Å². The average molecular weight is 202 g/mol. The molecule has 3 nitrogen and oxygen atoms in total. The Morgan fingerprint density at radius 1 is 1.54 bits per heavy atom. The van der Waals surface area contributed by atoms with Crippen LogP contribution in [-0.4, -0.2) is 17.4 Å². The van der Waals surface area contributed by atoms with Crippen LogP contribution < -0.4 is 11.1 Å². The number of amides is 1. The minimum absolute atomic E-state index is 0.0521. The van der Waals surface area contributed by atoms with E-state index in [1.54, 1.807) is 0 Å². The molecule has 0 spiro atoms. The topological polar surface area (TPSA) is 55.1 Å². The summed E-state index contributed by atoms with van der Waals surface area (Å²) in [6.07, 6.45) is 0.666. The fraction of sp³-hybridized carbons (Fsp3) is 0.778. The Morgan fingerprint density at radius 2 is 2.08 bits per heavy atom. The van der Waals surface area contributed by atoms with Crippen molar-refractivity contribution in [3.05, 3.63) is 0 Å². The minimum Gasteiger partial charge on any atom is -0.393 e. The van der Waals surface area contributed by atoms with Gasteiger partial charge in [-0.05, 0) is 12.3 Å². The highest BCUT2D eigenvalue weighted by Crippen LogP contribution is 2.03. The van der Waals surface area contributed by atoms with Crippen LogP contribution in [0.2, 0.25) is 0 Å². The molecule has 0 aromatic carbocycles. The SMILES string of the molecule is CCC(C(=O)NCC(C)C)C(N)=S. The molecule has 0 saturated carbocycles. The van der Waals surface area contributed by atoms with Gasteiger partial charge >= 0.3 is 0 Å². The zero-order valence-electron chi connectivity index (χ0n) is 8.46. The summed E-state index contributed by atoms with van der Waals surface area (Å²) in [5.74, 6) is 0.0882. The number of nitrogens with one attached hydrogen (secondary N) is 1. The zero-order chi connectivity index (χ0) is 10.4. The van der Waals surface area contributed by atoms with Crippen LogP contribution in [-0.2, 0) is 4.79 Å². The van der Waals surface area contributed by atoms with Crippen molar-refractivity contribution in [2.45, 2.75) is 27.2 Å². The number of nitrogens with two attached hydrogens (primary N) is 1. The first-order valence-corrected chi connectivity index (χ1v) is 4.96. The number of hydrogen-bond acceptors (Lipinski definition) is 2. The molecule has 0 radical (unpaired) electrons. The lowest BCUT2D eigenvalue weighted by Gasteiger charge is -2.14. The molecule has 1 amide bonds. The molecule has 1 unspecified atom stereocenters. The summed E-state index contributed by atoms with van der Waals surface area (Å²) < 4.78 is 0. The Labute approximate surface area is 85.1 Å². The summed E-state index contributed by atoms with van der Waals surface area (Å²) in [5, 5.41) is 2.81. The Hall–Kier alpha value is -0.640.